The topological polar surface area (TPSA) is 77.2 Å². The fraction of sp³-hybridized carbons (Fsp3) is 0.385. The normalized spacial score (nSPS) is 11.5. The number of amides is 1. The number of nitrogens with zero attached hydrogens (tertiary/aromatic N) is 1. The van der Waals surface area contributed by atoms with Gasteiger partial charge in [0.05, 0.1) is 0 Å². The zero-order valence-electron chi connectivity index (χ0n) is 10.9. The Morgan fingerprint density at radius 1 is 1.50 bits per heavy atom. The standard InChI is InChI=1S/C13H19N3O2/c1-13(2,3)18-12(17)15-8-4-5-10-6-7-11(14)16-9-10/h4-7,9H,8H2,1-3H3,(H2,14,16)(H,15,17). The summed E-state index contributed by atoms with van der Waals surface area (Å²) >= 11 is 0. The third-order valence-corrected chi connectivity index (χ3v) is 1.88. The monoisotopic (exact) mass is 249 g/mol. The Bertz CT molecular complexity index is 419. The molecule has 5 nitrogen and oxygen atoms in total. The van der Waals surface area contributed by atoms with Crippen LogP contribution in [0.5, 0.6) is 0 Å². The van der Waals surface area contributed by atoms with Gasteiger partial charge in [0.1, 0.15) is 11.4 Å². The molecule has 0 aliphatic heterocycles. The van der Waals surface area contributed by atoms with Crippen LogP contribution >= 0.6 is 0 Å². The molecule has 1 rings (SSSR count). The van der Waals surface area contributed by atoms with Crippen LogP contribution in [0, 0.1) is 0 Å². The molecular formula is C13H19N3O2. The van der Waals surface area contributed by atoms with E-state index in [0.717, 1.165) is 5.56 Å². The largest absolute Gasteiger partial charge is 0.444 e. The van der Waals surface area contributed by atoms with Crippen LogP contribution in [0.2, 0.25) is 0 Å². The molecule has 0 fully saturated rings. The first kappa shape index (κ1) is 14.0. The molecule has 0 aliphatic rings. The number of hydrogen-bond acceptors (Lipinski definition) is 4. The van der Waals surface area contributed by atoms with Gasteiger partial charge in [0.25, 0.3) is 0 Å². The van der Waals surface area contributed by atoms with Gasteiger partial charge >= 0.3 is 6.09 Å². The van der Waals surface area contributed by atoms with E-state index in [9.17, 15) is 4.79 Å². The summed E-state index contributed by atoms with van der Waals surface area (Å²) in [6.07, 6.45) is 4.91. The molecule has 1 aromatic heterocycles. The van der Waals surface area contributed by atoms with E-state index in [1.807, 2.05) is 39.0 Å². The van der Waals surface area contributed by atoms with Gasteiger partial charge in [-0.15, -0.1) is 0 Å². The van der Waals surface area contributed by atoms with Gasteiger partial charge in [-0.25, -0.2) is 9.78 Å². The molecule has 18 heavy (non-hydrogen) atoms. The Morgan fingerprint density at radius 3 is 2.78 bits per heavy atom. The molecule has 0 saturated heterocycles. The smallest absolute Gasteiger partial charge is 0.407 e. The van der Waals surface area contributed by atoms with Crippen LogP contribution < -0.4 is 11.1 Å². The highest BCUT2D eigenvalue weighted by Crippen LogP contribution is 2.06. The molecule has 3 N–H and O–H groups in total. The number of ether oxygens (including phenoxy) is 1. The van der Waals surface area contributed by atoms with Crippen molar-refractivity contribution in [3.8, 4) is 0 Å². The van der Waals surface area contributed by atoms with Crippen LogP contribution in [-0.2, 0) is 4.74 Å². The van der Waals surface area contributed by atoms with E-state index in [1.54, 1.807) is 12.3 Å². The Morgan fingerprint density at radius 2 is 2.22 bits per heavy atom. The quantitative estimate of drug-likeness (QED) is 0.861. The van der Waals surface area contributed by atoms with Crippen molar-refractivity contribution in [2.45, 2.75) is 26.4 Å². The number of rotatable bonds is 3. The molecule has 5 heteroatoms. The van der Waals surface area contributed by atoms with Gasteiger partial charge in [-0.05, 0) is 38.5 Å². The number of nitrogens with one attached hydrogen (secondary N) is 1. The predicted octanol–water partition coefficient (Wildman–Crippen LogP) is 2.20. The second kappa shape index (κ2) is 6.05. The lowest BCUT2D eigenvalue weighted by Gasteiger charge is -2.19. The summed E-state index contributed by atoms with van der Waals surface area (Å²) < 4.78 is 5.09. The number of carbonyl (C=O) groups is 1. The molecule has 0 aromatic carbocycles. The van der Waals surface area contributed by atoms with Crippen molar-refractivity contribution < 1.29 is 9.53 Å². The summed E-state index contributed by atoms with van der Waals surface area (Å²) in [7, 11) is 0. The maximum absolute atomic E-state index is 11.3. The van der Waals surface area contributed by atoms with Crippen LogP contribution in [0.1, 0.15) is 26.3 Å². The zero-order chi connectivity index (χ0) is 13.6. The second-order valence-corrected chi connectivity index (χ2v) is 4.80. The summed E-state index contributed by atoms with van der Waals surface area (Å²) in [4.78, 5) is 15.3. The van der Waals surface area contributed by atoms with Crippen molar-refractivity contribution in [2.75, 3.05) is 12.3 Å². The average Bonchev–Trinajstić information content (AvgIpc) is 2.24. The average molecular weight is 249 g/mol. The molecule has 1 aromatic rings. The first-order valence-electron chi connectivity index (χ1n) is 5.72. The fourth-order valence-corrected chi connectivity index (χ4v) is 1.17. The summed E-state index contributed by atoms with van der Waals surface area (Å²) in [5.74, 6) is 0.485. The zero-order valence-corrected chi connectivity index (χ0v) is 10.9. The van der Waals surface area contributed by atoms with Crippen molar-refractivity contribution >= 4 is 18.0 Å². The van der Waals surface area contributed by atoms with E-state index >= 15 is 0 Å². The summed E-state index contributed by atoms with van der Waals surface area (Å²) in [6, 6.07) is 3.58. The van der Waals surface area contributed by atoms with E-state index in [4.69, 9.17) is 10.5 Å². The molecule has 1 heterocycles. The minimum absolute atomic E-state index is 0.402. The molecule has 0 bridgehead atoms. The molecule has 0 aliphatic carbocycles. The van der Waals surface area contributed by atoms with Crippen molar-refractivity contribution in [3.05, 3.63) is 30.0 Å². The van der Waals surface area contributed by atoms with Crippen LogP contribution in [0.3, 0.4) is 0 Å². The van der Waals surface area contributed by atoms with Gasteiger partial charge < -0.3 is 15.8 Å². The van der Waals surface area contributed by atoms with E-state index in [0.29, 0.717) is 12.4 Å². The molecule has 0 unspecified atom stereocenters. The van der Waals surface area contributed by atoms with Gasteiger partial charge in [-0.3, -0.25) is 0 Å². The van der Waals surface area contributed by atoms with Crippen molar-refractivity contribution in [3.63, 3.8) is 0 Å². The van der Waals surface area contributed by atoms with Gasteiger partial charge in [-0.2, -0.15) is 0 Å². The van der Waals surface area contributed by atoms with E-state index in [2.05, 4.69) is 10.3 Å². The molecule has 0 radical (unpaired) electrons. The van der Waals surface area contributed by atoms with E-state index < -0.39 is 11.7 Å². The lowest BCUT2D eigenvalue weighted by atomic mass is 10.2. The van der Waals surface area contributed by atoms with Crippen LogP contribution in [-0.4, -0.2) is 23.2 Å². The minimum atomic E-state index is -0.478. The fourth-order valence-electron chi connectivity index (χ4n) is 1.17. The van der Waals surface area contributed by atoms with Crippen molar-refractivity contribution in [2.24, 2.45) is 0 Å². The number of carbonyl (C=O) groups excluding carboxylic acids is 1. The predicted molar refractivity (Wildman–Crippen MR) is 71.9 cm³/mol. The van der Waals surface area contributed by atoms with Crippen LogP contribution in [0.15, 0.2) is 24.4 Å². The molecule has 98 valence electrons. The van der Waals surface area contributed by atoms with Gasteiger partial charge in [0, 0.05) is 12.7 Å². The molecular weight excluding hydrogens is 230 g/mol. The number of nitrogen functional groups attached to an aromatic ring is 1. The Balaban J connectivity index is 2.33. The van der Waals surface area contributed by atoms with Crippen LogP contribution in [0.4, 0.5) is 10.6 Å². The number of pyridine rings is 1. The summed E-state index contributed by atoms with van der Waals surface area (Å²) in [6.45, 7) is 5.87. The number of aromatic nitrogens is 1. The van der Waals surface area contributed by atoms with E-state index in [-0.39, 0.29) is 0 Å². The Kier molecular flexibility index (Phi) is 4.71. The maximum Gasteiger partial charge on any atom is 0.407 e. The van der Waals surface area contributed by atoms with E-state index in [1.165, 1.54) is 0 Å². The van der Waals surface area contributed by atoms with Crippen molar-refractivity contribution in [1.29, 1.82) is 0 Å². The molecule has 0 saturated carbocycles. The highest BCUT2D eigenvalue weighted by atomic mass is 16.6. The van der Waals surface area contributed by atoms with Crippen molar-refractivity contribution in [1.82, 2.24) is 10.3 Å². The lowest BCUT2D eigenvalue weighted by Crippen LogP contribution is -2.32. The maximum atomic E-state index is 11.3. The number of nitrogens with two attached hydrogens (primary N) is 1. The number of hydrogen-bond donors (Lipinski definition) is 2. The number of anilines is 1. The Hall–Kier alpha value is -2.04. The molecule has 0 spiro atoms. The Labute approximate surface area is 107 Å². The summed E-state index contributed by atoms with van der Waals surface area (Å²) in [5, 5.41) is 2.63. The van der Waals surface area contributed by atoms with Gasteiger partial charge in [-0.1, -0.05) is 12.2 Å². The number of alkyl carbamates (subject to hydrolysis) is 1. The SMILES string of the molecule is CC(C)(C)OC(=O)NCC=Cc1ccc(N)nc1. The van der Waals surface area contributed by atoms with Gasteiger partial charge in [0.15, 0.2) is 0 Å². The first-order chi connectivity index (χ1) is 8.37. The minimum Gasteiger partial charge on any atom is -0.444 e. The third-order valence-electron chi connectivity index (χ3n) is 1.88. The summed E-state index contributed by atoms with van der Waals surface area (Å²) in [5.41, 5.74) is 5.92. The van der Waals surface area contributed by atoms with Crippen LogP contribution in [0.25, 0.3) is 6.08 Å². The third kappa shape index (κ3) is 5.89. The molecule has 1 amide bonds. The highest BCUT2D eigenvalue weighted by molar-refractivity contribution is 5.68. The first-order valence-corrected chi connectivity index (χ1v) is 5.72. The second-order valence-electron chi connectivity index (χ2n) is 4.80. The molecule has 0 atom stereocenters. The van der Waals surface area contributed by atoms with Gasteiger partial charge in [0.2, 0.25) is 0 Å². The lowest BCUT2D eigenvalue weighted by molar-refractivity contribution is 0.0534. The highest BCUT2D eigenvalue weighted by Gasteiger charge is 2.14.